The average molecular weight is 433 g/mol. The van der Waals surface area contributed by atoms with E-state index in [2.05, 4.69) is 31.1 Å². The van der Waals surface area contributed by atoms with Crippen molar-refractivity contribution in [3.8, 4) is 11.3 Å². The molecule has 0 spiro atoms. The first-order chi connectivity index (χ1) is 14.0. The largest absolute Gasteiger partial charge is 0.394 e. The first kappa shape index (κ1) is 21.1. The Morgan fingerprint density at radius 2 is 1.76 bits per heavy atom. The van der Waals surface area contributed by atoms with Crippen molar-refractivity contribution in [2.75, 3.05) is 22.8 Å². The Hall–Kier alpha value is -2.61. The molecule has 0 unspecified atom stereocenters. The van der Waals surface area contributed by atoms with Crippen LogP contribution in [0.25, 0.3) is 11.3 Å². The van der Waals surface area contributed by atoms with Crippen LogP contribution in [0.5, 0.6) is 0 Å². The molecule has 152 valence electrons. The summed E-state index contributed by atoms with van der Waals surface area (Å²) < 4.78 is 0. The number of hydrogen-bond acceptors (Lipinski definition) is 7. The number of hydrazine groups is 1. The Labute approximate surface area is 179 Å². The van der Waals surface area contributed by atoms with Crippen molar-refractivity contribution in [3.63, 3.8) is 0 Å². The van der Waals surface area contributed by atoms with E-state index >= 15 is 0 Å². The number of nitrogens with one attached hydrogen (secondary N) is 3. The van der Waals surface area contributed by atoms with Gasteiger partial charge in [0.2, 0.25) is 5.95 Å². The maximum atomic E-state index is 9.64. The maximum absolute atomic E-state index is 9.64. The van der Waals surface area contributed by atoms with E-state index in [1.54, 1.807) is 36.7 Å². The zero-order valence-corrected chi connectivity index (χ0v) is 17.5. The summed E-state index contributed by atoms with van der Waals surface area (Å²) in [6.45, 7) is 4.01. The van der Waals surface area contributed by atoms with Gasteiger partial charge in [0, 0.05) is 29.0 Å². The van der Waals surface area contributed by atoms with Gasteiger partial charge in [0.15, 0.2) is 5.82 Å². The summed E-state index contributed by atoms with van der Waals surface area (Å²) in [4.78, 5) is 13.1. The Bertz CT molecular complexity index is 955. The monoisotopic (exact) mass is 432 g/mol. The normalized spacial score (nSPS) is 11.9. The summed E-state index contributed by atoms with van der Waals surface area (Å²) in [7, 11) is 0. The molecule has 0 aliphatic heterocycles. The lowest BCUT2D eigenvalue weighted by molar-refractivity contribution is 0.248. The van der Waals surface area contributed by atoms with Crippen molar-refractivity contribution >= 4 is 40.7 Å². The minimum Gasteiger partial charge on any atom is -0.394 e. The van der Waals surface area contributed by atoms with Crippen LogP contribution in [0.1, 0.15) is 13.8 Å². The summed E-state index contributed by atoms with van der Waals surface area (Å²) in [5.41, 5.74) is 8.33. The zero-order chi connectivity index (χ0) is 20.8. The van der Waals surface area contributed by atoms with Crippen LogP contribution in [0.15, 0.2) is 48.8 Å². The van der Waals surface area contributed by atoms with E-state index in [-0.39, 0.29) is 18.6 Å². The number of aliphatic hydroxyl groups excluding tert-OH is 1. The van der Waals surface area contributed by atoms with Gasteiger partial charge in [-0.15, -0.1) is 0 Å². The topological polar surface area (TPSA) is 95.0 Å². The number of pyridine rings is 1. The van der Waals surface area contributed by atoms with Crippen molar-refractivity contribution in [2.24, 2.45) is 5.92 Å². The highest BCUT2D eigenvalue weighted by Crippen LogP contribution is 2.26. The lowest BCUT2D eigenvalue weighted by Crippen LogP contribution is -2.30. The van der Waals surface area contributed by atoms with Crippen LogP contribution in [0, 0.1) is 5.92 Å². The van der Waals surface area contributed by atoms with Crippen molar-refractivity contribution in [1.82, 2.24) is 15.0 Å². The minimum atomic E-state index is -0.172. The second-order valence-corrected chi connectivity index (χ2v) is 7.59. The smallest absolute Gasteiger partial charge is 0.225 e. The molecule has 29 heavy (non-hydrogen) atoms. The highest BCUT2D eigenvalue weighted by molar-refractivity contribution is 6.36. The molecule has 2 heterocycles. The molecular formula is C20H22Cl2N6O. The van der Waals surface area contributed by atoms with Crippen LogP contribution in [-0.4, -0.2) is 32.7 Å². The summed E-state index contributed by atoms with van der Waals surface area (Å²) >= 11 is 12.2. The highest BCUT2D eigenvalue weighted by atomic mass is 35.5. The number of benzene rings is 1. The predicted octanol–water partition coefficient (Wildman–Crippen LogP) is 4.71. The molecule has 0 saturated carbocycles. The fraction of sp³-hybridized carbons (Fsp3) is 0.250. The van der Waals surface area contributed by atoms with Gasteiger partial charge in [0.05, 0.1) is 29.1 Å². The lowest BCUT2D eigenvalue weighted by atomic mass is 10.1. The molecule has 0 radical (unpaired) electrons. The lowest BCUT2D eigenvalue weighted by Gasteiger charge is -2.21. The molecule has 0 amide bonds. The number of aromatic nitrogens is 3. The van der Waals surface area contributed by atoms with Gasteiger partial charge in [-0.25, -0.2) is 4.98 Å². The summed E-state index contributed by atoms with van der Waals surface area (Å²) in [6, 6.07) is 10.5. The number of hydrogen-bond donors (Lipinski definition) is 4. The SMILES string of the molecule is CC(C)[C@H](CO)Nc1nc(NNc2ccc(Cl)cc2Cl)cc(-c2ccncc2)n1. The summed E-state index contributed by atoms with van der Waals surface area (Å²) in [5.74, 6) is 1.13. The Balaban J connectivity index is 1.89. The fourth-order valence-electron chi connectivity index (χ4n) is 2.56. The molecule has 0 aliphatic carbocycles. The molecule has 3 aromatic rings. The molecule has 0 saturated heterocycles. The Morgan fingerprint density at radius 1 is 1.00 bits per heavy atom. The number of rotatable bonds is 8. The van der Waals surface area contributed by atoms with Gasteiger partial charge in [0.1, 0.15) is 0 Å². The van der Waals surface area contributed by atoms with Gasteiger partial charge >= 0.3 is 0 Å². The fourth-order valence-corrected chi connectivity index (χ4v) is 3.01. The molecule has 4 N–H and O–H groups in total. The second kappa shape index (κ2) is 9.73. The molecule has 7 nitrogen and oxygen atoms in total. The van der Waals surface area contributed by atoms with Crippen LogP contribution in [0.4, 0.5) is 17.5 Å². The number of aliphatic hydroxyl groups is 1. The van der Waals surface area contributed by atoms with Gasteiger partial charge < -0.3 is 10.4 Å². The summed E-state index contributed by atoms with van der Waals surface area (Å²) in [6.07, 6.45) is 3.40. The van der Waals surface area contributed by atoms with Gasteiger partial charge in [0.25, 0.3) is 0 Å². The van der Waals surface area contributed by atoms with Gasteiger partial charge in [-0.1, -0.05) is 37.0 Å². The standard InChI is InChI=1S/C20H22Cl2N6O/c1-12(2)18(11-29)25-20-24-17(13-5-7-23-8-6-13)10-19(26-20)28-27-16-4-3-14(21)9-15(16)22/h3-10,12,18,27,29H,11H2,1-2H3,(H2,24,25,26,28)/t18-/m0/s1. The van der Waals surface area contributed by atoms with E-state index in [9.17, 15) is 5.11 Å². The number of nitrogens with zero attached hydrogens (tertiary/aromatic N) is 3. The average Bonchev–Trinajstić information content (AvgIpc) is 2.71. The van der Waals surface area contributed by atoms with E-state index < -0.39 is 0 Å². The molecule has 1 atom stereocenters. The van der Waals surface area contributed by atoms with Gasteiger partial charge in [-0.2, -0.15) is 4.98 Å². The van der Waals surface area contributed by atoms with Gasteiger partial charge in [-0.3, -0.25) is 15.8 Å². The maximum Gasteiger partial charge on any atom is 0.225 e. The number of anilines is 3. The van der Waals surface area contributed by atoms with Crippen molar-refractivity contribution < 1.29 is 5.11 Å². The molecule has 2 aromatic heterocycles. The van der Waals surface area contributed by atoms with Crippen molar-refractivity contribution in [2.45, 2.75) is 19.9 Å². The first-order valence-electron chi connectivity index (χ1n) is 9.10. The molecular weight excluding hydrogens is 411 g/mol. The molecule has 0 aliphatic rings. The van der Waals surface area contributed by atoms with Crippen LogP contribution in [-0.2, 0) is 0 Å². The predicted molar refractivity (Wildman–Crippen MR) is 118 cm³/mol. The molecule has 0 fully saturated rings. The Kier molecular flexibility index (Phi) is 7.09. The molecule has 3 rings (SSSR count). The first-order valence-corrected chi connectivity index (χ1v) is 9.86. The van der Waals surface area contributed by atoms with E-state index in [0.29, 0.717) is 33.2 Å². The van der Waals surface area contributed by atoms with Crippen molar-refractivity contribution in [3.05, 3.63) is 58.8 Å². The summed E-state index contributed by atoms with van der Waals surface area (Å²) in [5, 5.41) is 13.9. The molecule has 0 bridgehead atoms. The third-order valence-corrected chi connectivity index (χ3v) is 4.82. The zero-order valence-electron chi connectivity index (χ0n) is 16.0. The van der Waals surface area contributed by atoms with E-state index in [1.165, 1.54) is 0 Å². The minimum absolute atomic E-state index is 0.0259. The van der Waals surface area contributed by atoms with Crippen LogP contribution in [0.3, 0.4) is 0 Å². The van der Waals surface area contributed by atoms with Crippen LogP contribution < -0.4 is 16.2 Å². The van der Waals surface area contributed by atoms with Crippen LogP contribution in [0.2, 0.25) is 10.0 Å². The Morgan fingerprint density at radius 3 is 2.41 bits per heavy atom. The van der Waals surface area contributed by atoms with E-state index in [4.69, 9.17) is 23.2 Å². The molecule has 9 heteroatoms. The third-order valence-electron chi connectivity index (χ3n) is 4.27. The highest BCUT2D eigenvalue weighted by Gasteiger charge is 2.15. The van der Waals surface area contributed by atoms with Crippen LogP contribution >= 0.6 is 23.2 Å². The van der Waals surface area contributed by atoms with Crippen molar-refractivity contribution in [1.29, 1.82) is 0 Å². The van der Waals surface area contributed by atoms with E-state index in [0.717, 1.165) is 5.56 Å². The second-order valence-electron chi connectivity index (χ2n) is 6.75. The third kappa shape index (κ3) is 5.69. The van der Waals surface area contributed by atoms with Gasteiger partial charge in [-0.05, 0) is 36.2 Å². The number of halogens is 2. The van der Waals surface area contributed by atoms with E-state index in [1.807, 2.05) is 26.0 Å². The quantitative estimate of drug-likeness (QED) is 0.382. The molecule has 1 aromatic carbocycles.